The topological polar surface area (TPSA) is 98.6 Å². The summed E-state index contributed by atoms with van der Waals surface area (Å²) in [5, 5.41) is 9.09. The van der Waals surface area contributed by atoms with Gasteiger partial charge in [-0.3, -0.25) is 9.59 Å². The van der Waals surface area contributed by atoms with Crippen molar-refractivity contribution in [3.05, 3.63) is 69.8 Å². The molecule has 1 fully saturated rings. The number of allylic oxidation sites excluding steroid dienone is 1. The second-order valence-electron chi connectivity index (χ2n) is 10.0. The molecule has 4 rings (SSSR count). The molecule has 2 aromatic carbocycles. The average Bonchev–Trinajstić information content (AvgIpc) is 3.16. The van der Waals surface area contributed by atoms with E-state index in [2.05, 4.69) is 6.08 Å². The Morgan fingerprint density at radius 3 is 2.24 bits per heavy atom. The van der Waals surface area contributed by atoms with Crippen LogP contribution in [0.4, 0.5) is 5.69 Å². The highest BCUT2D eigenvalue weighted by Crippen LogP contribution is 2.34. The van der Waals surface area contributed by atoms with Crippen molar-refractivity contribution in [1.82, 2.24) is 4.31 Å². The normalized spacial score (nSPS) is 18.3. The van der Waals surface area contributed by atoms with Crippen LogP contribution in [0, 0.1) is 39.0 Å². The zero-order valence-electron chi connectivity index (χ0n) is 21.9. The number of anilines is 1. The zero-order chi connectivity index (χ0) is 26.9. The lowest BCUT2D eigenvalue weighted by molar-refractivity contribution is -0.122. The highest BCUT2D eigenvalue weighted by Gasteiger charge is 2.47. The second kappa shape index (κ2) is 10.6. The number of carbonyl (C=O) groups excluding carboxylic acids is 2. The molecule has 2 aliphatic rings. The molecule has 1 heterocycles. The Bertz CT molecular complexity index is 1390. The first kappa shape index (κ1) is 26.8. The van der Waals surface area contributed by atoms with Crippen LogP contribution in [0.1, 0.15) is 66.3 Å². The van der Waals surface area contributed by atoms with Gasteiger partial charge < -0.3 is 0 Å². The van der Waals surface area contributed by atoms with E-state index >= 15 is 0 Å². The van der Waals surface area contributed by atoms with E-state index in [1.807, 2.05) is 26.0 Å². The molecule has 0 radical (unpaired) electrons. The smallest absolute Gasteiger partial charge is 0.252 e. The van der Waals surface area contributed by atoms with E-state index in [1.165, 1.54) is 22.0 Å². The van der Waals surface area contributed by atoms with Crippen molar-refractivity contribution < 1.29 is 18.0 Å². The molecule has 7 nitrogen and oxygen atoms in total. The minimum atomic E-state index is -4.10. The van der Waals surface area contributed by atoms with Gasteiger partial charge in [0.25, 0.3) is 5.91 Å². The van der Waals surface area contributed by atoms with Gasteiger partial charge in [-0.05, 0) is 106 Å². The number of carbonyl (C=O) groups is 2. The van der Waals surface area contributed by atoms with Gasteiger partial charge in [0.05, 0.1) is 28.6 Å². The van der Waals surface area contributed by atoms with Crippen LogP contribution in [0.25, 0.3) is 0 Å². The predicted octanol–water partition coefficient (Wildman–Crippen LogP) is 5.01. The molecule has 2 amide bonds. The highest BCUT2D eigenvalue weighted by atomic mass is 32.2. The van der Waals surface area contributed by atoms with Crippen molar-refractivity contribution in [1.29, 1.82) is 5.26 Å². The van der Waals surface area contributed by atoms with Crippen LogP contribution in [-0.2, 0) is 19.6 Å². The maximum Gasteiger partial charge on any atom is 0.252 e. The number of nitrogens with zero attached hydrogens (tertiary/aromatic N) is 3. The first-order valence-electron chi connectivity index (χ1n) is 12.7. The van der Waals surface area contributed by atoms with Crippen molar-refractivity contribution in [2.24, 2.45) is 0 Å². The van der Waals surface area contributed by atoms with E-state index in [0.29, 0.717) is 28.8 Å². The Kier molecular flexibility index (Phi) is 7.67. The molecule has 8 heteroatoms. The monoisotopic (exact) mass is 519 g/mol. The van der Waals surface area contributed by atoms with Gasteiger partial charge in [0.15, 0.2) is 0 Å². The molecule has 1 atom stereocenters. The van der Waals surface area contributed by atoms with Crippen LogP contribution < -0.4 is 4.90 Å². The van der Waals surface area contributed by atoms with E-state index in [9.17, 15) is 18.0 Å². The molecular formula is C29H33N3O4S. The van der Waals surface area contributed by atoms with Crippen LogP contribution in [0.15, 0.2) is 46.9 Å². The molecule has 1 aliphatic carbocycles. The summed E-state index contributed by atoms with van der Waals surface area (Å²) in [7, 11) is -4.10. The Balaban J connectivity index is 1.76. The summed E-state index contributed by atoms with van der Waals surface area (Å²) in [5.41, 5.74) is 4.99. The number of sulfonamides is 1. The molecule has 0 bridgehead atoms. The van der Waals surface area contributed by atoms with Gasteiger partial charge in [-0.15, -0.1) is 0 Å². The number of rotatable bonds is 7. The Morgan fingerprint density at radius 1 is 1.03 bits per heavy atom. The molecule has 1 aliphatic heterocycles. The molecule has 0 saturated carbocycles. The van der Waals surface area contributed by atoms with Crippen molar-refractivity contribution in [3.8, 4) is 6.07 Å². The van der Waals surface area contributed by atoms with Crippen molar-refractivity contribution in [2.45, 2.75) is 77.2 Å². The standard InChI is InChI=1S/C29H33N3O4S/c1-19-16-20(2)22(4)28(21(19)3)37(35,36)31(15-14-23-8-6-5-7-9-23)26-17-27(33)32(29(26)34)25-12-10-24(18-30)11-13-25/h8,10-13,16,26H,5-7,9,14-15,17H2,1-4H3. The van der Waals surface area contributed by atoms with E-state index < -0.39 is 27.9 Å². The van der Waals surface area contributed by atoms with Crippen LogP contribution in [0.2, 0.25) is 0 Å². The summed E-state index contributed by atoms with van der Waals surface area (Å²) in [6, 6.07) is 9.02. The van der Waals surface area contributed by atoms with Crippen LogP contribution in [0.3, 0.4) is 0 Å². The fourth-order valence-electron chi connectivity index (χ4n) is 5.31. The first-order valence-corrected chi connectivity index (χ1v) is 14.1. The molecule has 194 valence electrons. The fourth-order valence-corrected chi connectivity index (χ4v) is 7.47. The Morgan fingerprint density at radius 2 is 1.68 bits per heavy atom. The first-order chi connectivity index (χ1) is 17.6. The summed E-state index contributed by atoms with van der Waals surface area (Å²) in [6.45, 7) is 7.48. The minimum absolute atomic E-state index is 0.130. The summed E-state index contributed by atoms with van der Waals surface area (Å²) >= 11 is 0. The molecule has 1 unspecified atom stereocenters. The quantitative estimate of drug-likeness (QED) is 0.378. The molecule has 37 heavy (non-hydrogen) atoms. The average molecular weight is 520 g/mol. The molecule has 0 aromatic heterocycles. The lowest BCUT2D eigenvalue weighted by atomic mass is 9.97. The van der Waals surface area contributed by atoms with Gasteiger partial charge in [-0.25, -0.2) is 13.3 Å². The number of benzene rings is 2. The van der Waals surface area contributed by atoms with Gasteiger partial charge in [-0.1, -0.05) is 17.7 Å². The van der Waals surface area contributed by atoms with E-state index in [1.54, 1.807) is 26.0 Å². The number of amides is 2. The highest BCUT2D eigenvalue weighted by molar-refractivity contribution is 7.89. The summed E-state index contributed by atoms with van der Waals surface area (Å²) in [4.78, 5) is 28.0. The molecule has 0 N–H and O–H groups in total. The third kappa shape index (κ3) is 5.11. The van der Waals surface area contributed by atoms with Crippen molar-refractivity contribution in [2.75, 3.05) is 11.4 Å². The Hall–Kier alpha value is -3.28. The van der Waals surface area contributed by atoms with E-state index in [4.69, 9.17) is 5.26 Å². The third-order valence-corrected chi connectivity index (χ3v) is 9.81. The van der Waals surface area contributed by atoms with Crippen LogP contribution in [-0.4, -0.2) is 37.1 Å². The third-order valence-electron chi connectivity index (χ3n) is 7.63. The van der Waals surface area contributed by atoms with Gasteiger partial charge in [0.1, 0.15) is 6.04 Å². The lowest BCUT2D eigenvalue weighted by Gasteiger charge is -2.29. The summed E-state index contributed by atoms with van der Waals surface area (Å²) in [6.07, 6.45) is 6.57. The second-order valence-corrected chi connectivity index (χ2v) is 11.8. The van der Waals surface area contributed by atoms with Crippen molar-refractivity contribution >= 4 is 27.5 Å². The zero-order valence-corrected chi connectivity index (χ0v) is 22.7. The van der Waals surface area contributed by atoms with Crippen LogP contribution >= 0.6 is 0 Å². The van der Waals surface area contributed by atoms with E-state index in [-0.39, 0.29) is 17.9 Å². The fraction of sp³-hybridized carbons (Fsp3) is 0.414. The lowest BCUT2D eigenvalue weighted by Crippen LogP contribution is -2.46. The van der Waals surface area contributed by atoms with Gasteiger partial charge in [-0.2, -0.15) is 9.57 Å². The number of nitriles is 1. The molecule has 0 spiro atoms. The maximum atomic E-state index is 14.3. The van der Waals surface area contributed by atoms with E-state index in [0.717, 1.165) is 41.7 Å². The summed E-state index contributed by atoms with van der Waals surface area (Å²) in [5.74, 6) is -1.01. The molecule has 2 aromatic rings. The molecular weight excluding hydrogens is 486 g/mol. The van der Waals surface area contributed by atoms with Gasteiger partial charge in [0, 0.05) is 6.54 Å². The van der Waals surface area contributed by atoms with Crippen molar-refractivity contribution in [3.63, 3.8) is 0 Å². The largest absolute Gasteiger partial charge is 0.274 e. The number of aryl methyl sites for hydroxylation is 2. The molecule has 1 saturated heterocycles. The predicted molar refractivity (Wildman–Crippen MR) is 143 cm³/mol. The number of imide groups is 1. The maximum absolute atomic E-state index is 14.3. The number of hydrogen-bond acceptors (Lipinski definition) is 5. The minimum Gasteiger partial charge on any atom is -0.274 e. The Labute approximate surface area is 219 Å². The van der Waals surface area contributed by atoms with Gasteiger partial charge in [0.2, 0.25) is 15.9 Å². The SMILES string of the molecule is Cc1cc(C)c(C)c(S(=O)(=O)N(CCC2=CCCCC2)C2CC(=O)N(c3ccc(C#N)cc3)C2=O)c1C. The summed E-state index contributed by atoms with van der Waals surface area (Å²) < 4.78 is 29.9. The van der Waals surface area contributed by atoms with Crippen LogP contribution in [0.5, 0.6) is 0 Å². The number of hydrogen-bond donors (Lipinski definition) is 0. The van der Waals surface area contributed by atoms with Gasteiger partial charge >= 0.3 is 0 Å².